The summed E-state index contributed by atoms with van der Waals surface area (Å²) in [5.74, 6) is -0.849. The fraction of sp³-hybridized carbons (Fsp3) is 0.583. The van der Waals surface area contributed by atoms with Crippen molar-refractivity contribution in [2.45, 2.75) is 45.1 Å². The number of nitrogens with zero attached hydrogens (tertiary/aromatic N) is 1. The third-order valence-corrected chi connectivity index (χ3v) is 3.29. The molecule has 0 saturated heterocycles. The van der Waals surface area contributed by atoms with Gasteiger partial charge in [-0.1, -0.05) is 0 Å². The molecule has 0 atom stereocenters. The summed E-state index contributed by atoms with van der Waals surface area (Å²) in [6.07, 6.45) is 1.24. The van der Waals surface area contributed by atoms with Gasteiger partial charge in [0, 0.05) is 5.92 Å². The molecule has 1 fully saturated rings. The van der Waals surface area contributed by atoms with Crippen molar-refractivity contribution in [1.29, 1.82) is 0 Å². The molecule has 0 radical (unpaired) electrons. The van der Waals surface area contributed by atoms with E-state index in [0.717, 1.165) is 24.4 Å². The third-order valence-electron chi connectivity index (χ3n) is 2.51. The minimum Gasteiger partial charge on any atom is -0.478 e. The van der Waals surface area contributed by atoms with Crippen molar-refractivity contribution in [3.8, 4) is 0 Å². The Balaban J connectivity index is 2.16. The molecule has 1 amide bonds. The summed E-state index contributed by atoms with van der Waals surface area (Å²) < 4.78 is 9.24. The van der Waals surface area contributed by atoms with E-state index in [-0.39, 0.29) is 16.5 Å². The number of aromatic carboxylic acids is 1. The second kappa shape index (κ2) is 4.80. The van der Waals surface area contributed by atoms with E-state index in [0.29, 0.717) is 5.69 Å². The Hall–Kier alpha value is -1.63. The number of carboxylic acids is 1. The molecule has 2 N–H and O–H groups in total. The normalized spacial score (nSPS) is 15.1. The predicted octanol–water partition coefficient (Wildman–Crippen LogP) is 3.07. The van der Waals surface area contributed by atoms with E-state index < -0.39 is 17.7 Å². The lowest BCUT2D eigenvalue weighted by Gasteiger charge is -2.19. The first kappa shape index (κ1) is 13.8. The quantitative estimate of drug-likeness (QED) is 0.890. The van der Waals surface area contributed by atoms with Crippen molar-refractivity contribution in [2.75, 3.05) is 5.32 Å². The maximum absolute atomic E-state index is 11.7. The van der Waals surface area contributed by atoms with Crippen LogP contribution in [0.2, 0.25) is 0 Å². The number of carboxylic acid groups (broad SMARTS) is 1. The van der Waals surface area contributed by atoms with Crippen LogP contribution in [0.25, 0.3) is 0 Å². The van der Waals surface area contributed by atoms with Crippen molar-refractivity contribution in [3.05, 3.63) is 11.3 Å². The Morgan fingerprint density at radius 3 is 2.53 bits per heavy atom. The van der Waals surface area contributed by atoms with Gasteiger partial charge in [0.05, 0.1) is 5.69 Å². The first-order valence-corrected chi connectivity index (χ1v) is 6.78. The molecule has 6 nitrogen and oxygen atoms in total. The van der Waals surface area contributed by atoms with Gasteiger partial charge in [0.15, 0.2) is 0 Å². The van der Waals surface area contributed by atoms with Crippen LogP contribution in [-0.4, -0.2) is 27.1 Å². The van der Waals surface area contributed by atoms with Gasteiger partial charge in [-0.05, 0) is 45.1 Å². The van der Waals surface area contributed by atoms with Gasteiger partial charge in [-0.2, -0.15) is 4.37 Å². The van der Waals surface area contributed by atoms with Gasteiger partial charge in [0.25, 0.3) is 0 Å². The number of nitrogens with one attached hydrogen (secondary N) is 1. The monoisotopic (exact) mass is 284 g/mol. The van der Waals surface area contributed by atoms with Crippen LogP contribution in [0.3, 0.4) is 0 Å². The molecule has 2 rings (SSSR count). The SMILES string of the molecule is CC(C)(C)OC(=O)Nc1snc(C2CC2)c1C(=O)O. The largest absolute Gasteiger partial charge is 0.478 e. The van der Waals surface area contributed by atoms with E-state index in [9.17, 15) is 14.7 Å². The van der Waals surface area contributed by atoms with Gasteiger partial charge in [-0.3, -0.25) is 5.32 Å². The summed E-state index contributed by atoms with van der Waals surface area (Å²) in [7, 11) is 0. The van der Waals surface area contributed by atoms with Crippen LogP contribution in [0.15, 0.2) is 0 Å². The second-order valence-electron chi connectivity index (χ2n) is 5.48. The molecule has 1 aromatic heterocycles. The topological polar surface area (TPSA) is 88.5 Å². The fourth-order valence-electron chi connectivity index (χ4n) is 1.63. The van der Waals surface area contributed by atoms with Gasteiger partial charge >= 0.3 is 12.1 Å². The highest BCUT2D eigenvalue weighted by molar-refractivity contribution is 7.11. The number of amides is 1. The Labute approximate surface area is 114 Å². The summed E-state index contributed by atoms with van der Waals surface area (Å²) in [4.78, 5) is 22.9. The number of carbonyl (C=O) groups excluding carboxylic acids is 1. The van der Waals surface area contributed by atoms with Crippen LogP contribution in [0.5, 0.6) is 0 Å². The van der Waals surface area contributed by atoms with Crippen molar-refractivity contribution in [3.63, 3.8) is 0 Å². The zero-order chi connectivity index (χ0) is 14.2. The van der Waals surface area contributed by atoms with Crippen molar-refractivity contribution in [2.24, 2.45) is 0 Å². The van der Waals surface area contributed by atoms with Gasteiger partial charge in [-0.15, -0.1) is 0 Å². The second-order valence-corrected chi connectivity index (χ2v) is 6.25. The summed E-state index contributed by atoms with van der Waals surface area (Å²) in [6.45, 7) is 5.23. The highest BCUT2D eigenvalue weighted by atomic mass is 32.1. The molecule has 1 saturated carbocycles. The minimum absolute atomic E-state index is 0.0957. The first-order chi connectivity index (χ1) is 8.78. The average molecular weight is 284 g/mol. The molecule has 1 aliphatic carbocycles. The van der Waals surface area contributed by atoms with E-state index in [2.05, 4.69) is 9.69 Å². The zero-order valence-corrected chi connectivity index (χ0v) is 11.8. The smallest absolute Gasteiger partial charge is 0.412 e. The van der Waals surface area contributed by atoms with Gasteiger partial charge in [0.1, 0.15) is 16.2 Å². The van der Waals surface area contributed by atoms with Crippen LogP contribution in [-0.2, 0) is 4.74 Å². The number of carbonyl (C=O) groups is 2. The molecular weight excluding hydrogens is 268 g/mol. The molecule has 104 valence electrons. The molecule has 0 unspecified atom stereocenters. The standard InChI is InChI=1S/C12H16N2O4S/c1-12(2,3)18-11(17)13-9-7(10(15)16)8(14-19-9)6-4-5-6/h6H,4-5H2,1-3H3,(H,13,17)(H,15,16). The number of anilines is 1. The van der Waals surface area contributed by atoms with Gasteiger partial charge < -0.3 is 9.84 Å². The maximum Gasteiger partial charge on any atom is 0.412 e. The van der Waals surface area contributed by atoms with Crippen LogP contribution in [0, 0.1) is 0 Å². The van der Waals surface area contributed by atoms with Crippen molar-refractivity contribution >= 4 is 28.6 Å². The van der Waals surface area contributed by atoms with E-state index in [1.807, 2.05) is 0 Å². The molecule has 1 aromatic rings. The Morgan fingerprint density at radius 1 is 1.42 bits per heavy atom. The molecule has 1 heterocycles. The molecule has 0 spiro atoms. The van der Waals surface area contributed by atoms with Crippen molar-refractivity contribution in [1.82, 2.24) is 4.37 Å². The van der Waals surface area contributed by atoms with Crippen LogP contribution in [0.1, 0.15) is 55.6 Å². The van der Waals surface area contributed by atoms with E-state index >= 15 is 0 Å². The molecule has 1 aliphatic rings. The lowest BCUT2D eigenvalue weighted by molar-refractivity contribution is 0.0636. The maximum atomic E-state index is 11.7. The fourth-order valence-corrected chi connectivity index (χ4v) is 2.47. The zero-order valence-electron chi connectivity index (χ0n) is 11.0. The van der Waals surface area contributed by atoms with Crippen LogP contribution < -0.4 is 5.32 Å². The predicted molar refractivity (Wildman–Crippen MR) is 70.9 cm³/mol. The molecule has 19 heavy (non-hydrogen) atoms. The summed E-state index contributed by atoms with van der Waals surface area (Å²) in [5, 5.41) is 11.9. The Bertz CT molecular complexity index is 514. The van der Waals surface area contributed by atoms with Gasteiger partial charge in [-0.25, -0.2) is 9.59 Å². The van der Waals surface area contributed by atoms with E-state index in [1.165, 1.54) is 0 Å². The molecule has 0 aliphatic heterocycles. The van der Waals surface area contributed by atoms with Crippen LogP contribution in [0.4, 0.5) is 9.80 Å². The van der Waals surface area contributed by atoms with Crippen molar-refractivity contribution < 1.29 is 19.4 Å². The summed E-state index contributed by atoms with van der Waals surface area (Å²) in [5.41, 5.74) is 0.0409. The number of ether oxygens (including phenoxy) is 1. The average Bonchev–Trinajstić information content (AvgIpc) is 2.97. The Morgan fingerprint density at radius 2 is 2.05 bits per heavy atom. The molecular formula is C12H16N2O4S. The summed E-state index contributed by atoms with van der Waals surface area (Å²) >= 11 is 0.984. The van der Waals surface area contributed by atoms with Crippen LogP contribution >= 0.6 is 11.5 Å². The molecule has 0 bridgehead atoms. The minimum atomic E-state index is -1.07. The highest BCUT2D eigenvalue weighted by Gasteiger charge is 2.33. The van der Waals surface area contributed by atoms with Gasteiger partial charge in [0.2, 0.25) is 0 Å². The highest BCUT2D eigenvalue weighted by Crippen LogP contribution is 2.44. The lowest BCUT2D eigenvalue weighted by Crippen LogP contribution is -2.27. The number of aromatic nitrogens is 1. The third kappa shape index (κ3) is 3.44. The molecule has 7 heteroatoms. The number of hydrogen-bond donors (Lipinski definition) is 2. The number of rotatable bonds is 3. The Kier molecular flexibility index (Phi) is 3.49. The van der Waals surface area contributed by atoms with E-state index in [1.54, 1.807) is 20.8 Å². The first-order valence-electron chi connectivity index (χ1n) is 6.01. The summed E-state index contributed by atoms with van der Waals surface area (Å²) in [6, 6.07) is 0. The molecule has 0 aromatic carbocycles. The lowest BCUT2D eigenvalue weighted by atomic mass is 10.1. The number of hydrogen-bond acceptors (Lipinski definition) is 5. The van der Waals surface area contributed by atoms with E-state index in [4.69, 9.17) is 4.74 Å².